The van der Waals surface area contributed by atoms with Crippen molar-refractivity contribution in [3.63, 3.8) is 0 Å². The lowest BCUT2D eigenvalue weighted by molar-refractivity contribution is 0.178. The van der Waals surface area contributed by atoms with Crippen LogP contribution in [0.2, 0.25) is 0 Å². The fraction of sp³-hybridized carbons (Fsp3) is 0.692. The smallest absolute Gasteiger partial charge is 0.267 e. The van der Waals surface area contributed by atoms with Crippen molar-refractivity contribution in [2.45, 2.75) is 39.2 Å². The van der Waals surface area contributed by atoms with Crippen molar-refractivity contribution in [3.8, 4) is 0 Å². The first-order valence-electron chi connectivity index (χ1n) is 7.01. The number of hydrogen-bond acceptors (Lipinski definition) is 6. The van der Waals surface area contributed by atoms with E-state index in [1.54, 1.807) is 6.92 Å². The first kappa shape index (κ1) is 15.2. The van der Waals surface area contributed by atoms with Gasteiger partial charge in [-0.05, 0) is 31.7 Å². The van der Waals surface area contributed by atoms with Crippen LogP contribution in [0.25, 0.3) is 0 Å². The molecule has 112 valence electrons. The normalized spacial score (nSPS) is 17.4. The number of piperidine rings is 1. The molecule has 0 bridgehead atoms. The van der Waals surface area contributed by atoms with E-state index in [2.05, 4.69) is 21.8 Å². The van der Waals surface area contributed by atoms with Gasteiger partial charge in [0, 0.05) is 25.5 Å². The second-order valence-corrected chi connectivity index (χ2v) is 6.76. The average Bonchev–Trinajstić information content (AvgIpc) is 2.48. The lowest BCUT2D eigenvalue weighted by atomic mass is 10.1. The molecule has 0 N–H and O–H groups in total. The van der Waals surface area contributed by atoms with Crippen molar-refractivity contribution in [1.82, 2.24) is 9.97 Å². The molecule has 0 unspecified atom stereocenters. The predicted octanol–water partition coefficient (Wildman–Crippen LogP) is 1.37. The Balaban J connectivity index is 1.90. The van der Waals surface area contributed by atoms with Gasteiger partial charge in [-0.1, -0.05) is 6.92 Å². The molecule has 1 fully saturated rings. The molecule has 0 spiro atoms. The van der Waals surface area contributed by atoms with Gasteiger partial charge < -0.3 is 4.90 Å². The molecule has 1 aliphatic rings. The highest BCUT2D eigenvalue weighted by atomic mass is 32.2. The Morgan fingerprint density at radius 2 is 1.85 bits per heavy atom. The summed E-state index contributed by atoms with van der Waals surface area (Å²) >= 11 is 0. The molecule has 0 radical (unpaired) electrons. The number of aryl methyl sites for hydroxylation is 1. The van der Waals surface area contributed by atoms with Gasteiger partial charge in [0.25, 0.3) is 10.1 Å². The lowest BCUT2D eigenvalue weighted by Gasteiger charge is -2.31. The van der Waals surface area contributed by atoms with Gasteiger partial charge in [-0.3, -0.25) is 4.18 Å². The van der Waals surface area contributed by atoms with Crippen molar-refractivity contribution in [1.29, 1.82) is 0 Å². The van der Waals surface area contributed by atoms with Crippen LogP contribution in [0.5, 0.6) is 0 Å². The van der Waals surface area contributed by atoms with E-state index in [1.165, 1.54) is 0 Å². The van der Waals surface area contributed by atoms with Crippen molar-refractivity contribution < 1.29 is 12.6 Å². The second kappa shape index (κ2) is 6.49. The van der Waals surface area contributed by atoms with E-state index in [4.69, 9.17) is 4.18 Å². The first-order chi connectivity index (χ1) is 9.54. The summed E-state index contributed by atoms with van der Waals surface area (Å²) in [7, 11) is -3.36. The zero-order chi connectivity index (χ0) is 14.6. The van der Waals surface area contributed by atoms with Crippen LogP contribution in [-0.2, 0) is 20.7 Å². The van der Waals surface area contributed by atoms with Crippen LogP contribution in [0.15, 0.2) is 12.4 Å². The number of rotatable bonds is 5. The summed E-state index contributed by atoms with van der Waals surface area (Å²) in [4.78, 5) is 10.8. The highest BCUT2D eigenvalue weighted by Crippen LogP contribution is 2.19. The fourth-order valence-corrected chi connectivity index (χ4v) is 2.86. The standard InChI is InChI=1S/C13H21N3O3S/c1-3-11-9-14-13(15-10-11)16-7-5-12(6-8-16)19-20(17,18)4-2/h9-10,12H,3-8H2,1-2H3. The van der Waals surface area contributed by atoms with Crippen LogP contribution >= 0.6 is 0 Å². The molecule has 7 heteroatoms. The van der Waals surface area contributed by atoms with Gasteiger partial charge in [-0.25, -0.2) is 9.97 Å². The topological polar surface area (TPSA) is 72.4 Å². The Labute approximate surface area is 120 Å². The van der Waals surface area contributed by atoms with E-state index in [9.17, 15) is 8.42 Å². The van der Waals surface area contributed by atoms with Crippen molar-refractivity contribution >= 4 is 16.1 Å². The Kier molecular flexibility index (Phi) is 4.93. The number of anilines is 1. The SMILES string of the molecule is CCc1cnc(N2CCC(OS(=O)(=O)CC)CC2)nc1. The van der Waals surface area contributed by atoms with Gasteiger partial charge in [-0.2, -0.15) is 8.42 Å². The minimum atomic E-state index is -3.36. The number of nitrogens with zero attached hydrogens (tertiary/aromatic N) is 3. The van der Waals surface area contributed by atoms with Gasteiger partial charge in [0.15, 0.2) is 0 Å². The molecular formula is C13H21N3O3S. The summed E-state index contributed by atoms with van der Waals surface area (Å²) in [6, 6.07) is 0. The quantitative estimate of drug-likeness (QED) is 0.765. The molecule has 0 saturated carbocycles. The van der Waals surface area contributed by atoms with Crippen LogP contribution in [0.3, 0.4) is 0 Å². The molecule has 0 aliphatic carbocycles. The molecule has 2 rings (SSSR count). The Hall–Kier alpha value is -1.21. The van der Waals surface area contributed by atoms with Crippen molar-refractivity contribution in [2.24, 2.45) is 0 Å². The van der Waals surface area contributed by atoms with Gasteiger partial charge in [0.05, 0.1) is 11.9 Å². The zero-order valence-corrected chi connectivity index (χ0v) is 12.8. The summed E-state index contributed by atoms with van der Waals surface area (Å²) in [5.41, 5.74) is 1.11. The molecular weight excluding hydrogens is 278 g/mol. The fourth-order valence-electron chi connectivity index (χ4n) is 2.12. The van der Waals surface area contributed by atoms with E-state index in [0.717, 1.165) is 25.1 Å². The molecule has 6 nitrogen and oxygen atoms in total. The third-order valence-corrected chi connectivity index (χ3v) is 4.73. The number of aromatic nitrogens is 2. The molecule has 0 amide bonds. The van der Waals surface area contributed by atoms with Crippen molar-refractivity contribution in [2.75, 3.05) is 23.7 Å². The third-order valence-electron chi connectivity index (χ3n) is 3.46. The average molecular weight is 299 g/mol. The van der Waals surface area contributed by atoms with E-state index >= 15 is 0 Å². The highest BCUT2D eigenvalue weighted by Gasteiger charge is 2.25. The Bertz CT molecular complexity index is 522. The van der Waals surface area contributed by atoms with Crippen LogP contribution in [0, 0.1) is 0 Å². The molecule has 2 heterocycles. The maximum atomic E-state index is 11.4. The van der Waals surface area contributed by atoms with Crippen LogP contribution < -0.4 is 4.90 Å². The maximum absolute atomic E-state index is 11.4. The van der Waals surface area contributed by atoms with Crippen LogP contribution in [0.4, 0.5) is 5.95 Å². The van der Waals surface area contributed by atoms with E-state index in [0.29, 0.717) is 18.8 Å². The molecule has 1 aromatic heterocycles. The van der Waals surface area contributed by atoms with Gasteiger partial charge in [0.2, 0.25) is 5.95 Å². The molecule has 20 heavy (non-hydrogen) atoms. The lowest BCUT2D eigenvalue weighted by Crippen LogP contribution is -2.38. The number of hydrogen-bond donors (Lipinski definition) is 0. The molecule has 0 atom stereocenters. The largest absolute Gasteiger partial charge is 0.341 e. The monoisotopic (exact) mass is 299 g/mol. The van der Waals surface area contributed by atoms with Gasteiger partial charge in [-0.15, -0.1) is 0 Å². The predicted molar refractivity (Wildman–Crippen MR) is 77.2 cm³/mol. The Morgan fingerprint density at radius 1 is 1.25 bits per heavy atom. The van der Waals surface area contributed by atoms with E-state index in [-0.39, 0.29) is 11.9 Å². The van der Waals surface area contributed by atoms with Gasteiger partial charge in [0.1, 0.15) is 0 Å². The highest BCUT2D eigenvalue weighted by molar-refractivity contribution is 7.86. The molecule has 1 aliphatic heterocycles. The Morgan fingerprint density at radius 3 is 2.35 bits per heavy atom. The molecule has 0 aromatic carbocycles. The van der Waals surface area contributed by atoms with Crippen LogP contribution in [0.1, 0.15) is 32.3 Å². The minimum absolute atomic E-state index is 0.0226. The summed E-state index contributed by atoms with van der Waals surface area (Å²) in [6.45, 7) is 5.09. The summed E-state index contributed by atoms with van der Waals surface area (Å²) in [6.07, 6.45) is 5.74. The first-order valence-corrected chi connectivity index (χ1v) is 8.58. The maximum Gasteiger partial charge on any atom is 0.267 e. The second-order valence-electron chi connectivity index (χ2n) is 4.87. The molecule has 1 aromatic rings. The summed E-state index contributed by atoms with van der Waals surface area (Å²) in [5, 5.41) is 0. The zero-order valence-electron chi connectivity index (χ0n) is 11.9. The van der Waals surface area contributed by atoms with Crippen LogP contribution in [-0.4, -0.2) is 43.3 Å². The minimum Gasteiger partial charge on any atom is -0.341 e. The molecule has 1 saturated heterocycles. The van der Waals surface area contributed by atoms with Crippen molar-refractivity contribution in [3.05, 3.63) is 18.0 Å². The summed E-state index contributed by atoms with van der Waals surface area (Å²) < 4.78 is 28.0. The summed E-state index contributed by atoms with van der Waals surface area (Å²) in [5.74, 6) is 0.730. The van der Waals surface area contributed by atoms with E-state index < -0.39 is 10.1 Å². The van der Waals surface area contributed by atoms with Gasteiger partial charge >= 0.3 is 0 Å². The third kappa shape index (κ3) is 3.89. The van der Waals surface area contributed by atoms with E-state index in [1.807, 2.05) is 12.4 Å².